The summed E-state index contributed by atoms with van der Waals surface area (Å²) in [5.74, 6) is -0.0988. The van der Waals surface area contributed by atoms with Crippen molar-refractivity contribution >= 4 is 23.2 Å². The van der Waals surface area contributed by atoms with E-state index in [4.69, 9.17) is 23.2 Å². The van der Waals surface area contributed by atoms with E-state index in [0.717, 1.165) is 0 Å². The first kappa shape index (κ1) is 15.9. The summed E-state index contributed by atoms with van der Waals surface area (Å²) >= 11 is 11.7. The Balaban J connectivity index is 2.56. The van der Waals surface area contributed by atoms with Crippen LogP contribution in [0.1, 0.15) is 22.6 Å². The zero-order chi connectivity index (χ0) is 15.8. The zero-order valence-corrected chi connectivity index (χ0v) is 12.2. The second kappa shape index (κ2) is 5.69. The highest BCUT2D eigenvalue weighted by atomic mass is 35.5. The van der Waals surface area contributed by atoms with Crippen LogP contribution in [0.4, 0.5) is 13.2 Å². The van der Waals surface area contributed by atoms with Crippen molar-refractivity contribution in [1.29, 1.82) is 0 Å². The Bertz CT molecular complexity index is 741. The maximum atomic E-state index is 13.0. The Labute approximate surface area is 127 Å². The number of benzene rings is 1. The molecule has 0 bridgehead atoms. The molecule has 0 unspecified atom stereocenters. The van der Waals surface area contributed by atoms with Crippen molar-refractivity contribution in [3.63, 3.8) is 0 Å². The first-order valence-corrected chi connectivity index (χ1v) is 6.55. The van der Waals surface area contributed by atoms with Gasteiger partial charge >= 0.3 is 6.18 Å². The monoisotopic (exact) mass is 336 g/mol. The predicted molar refractivity (Wildman–Crippen MR) is 73.9 cm³/mol. The molecule has 112 valence electrons. The Morgan fingerprint density at radius 1 is 1.29 bits per heavy atom. The van der Waals surface area contributed by atoms with Gasteiger partial charge in [-0.2, -0.15) is 13.2 Å². The lowest BCUT2D eigenvalue weighted by Gasteiger charge is -2.12. The Morgan fingerprint density at radius 2 is 1.95 bits per heavy atom. The van der Waals surface area contributed by atoms with Crippen molar-refractivity contribution in [2.45, 2.75) is 19.5 Å². The quantitative estimate of drug-likeness (QED) is 0.901. The number of aryl methyl sites for hydroxylation is 1. The third-order valence-corrected chi connectivity index (χ3v) is 3.37. The fourth-order valence-electron chi connectivity index (χ4n) is 1.86. The largest absolute Gasteiger partial charge is 0.433 e. The molecule has 2 rings (SSSR count). The lowest BCUT2D eigenvalue weighted by molar-refractivity contribution is -0.142. The van der Waals surface area contributed by atoms with Crippen LogP contribution in [0.5, 0.6) is 0 Å². The Hall–Kier alpha value is -1.53. The number of halogens is 5. The molecule has 1 aromatic heterocycles. The van der Waals surface area contributed by atoms with Crippen molar-refractivity contribution < 1.29 is 13.2 Å². The second-order valence-electron chi connectivity index (χ2n) is 4.39. The highest BCUT2D eigenvalue weighted by Crippen LogP contribution is 2.31. The van der Waals surface area contributed by atoms with E-state index in [-0.39, 0.29) is 17.3 Å². The fourth-order valence-corrected chi connectivity index (χ4v) is 2.34. The Morgan fingerprint density at radius 3 is 2.52 bits per heavy atom. The van der Waals surface area contributed by atoms with Crippen LogP contribution in [0.25, 0.3) is 0 Å². The molecular formula is C13H9Cl2F3N2O. The van der Waals surface area contributed by atoms with E-state index in [9.17, 15) is 18.0 Å². The van der Waals surface area contributed by atoms with Gasteiger partial charge in [-0.1, -0.05) is 29.3 Å². The molecule has 0 atom stereocenters. The molecule has 1 aromatic carbocycles. The summed E-state index contributed by atoms with van der Waals surface area (Å²) < 4.78 is 39.0. The van der Waals surface area contributed by atoms with Crippen molar-refractivity contribution in [2.24, 2.45) is 0 Å². The van der Waals surface area contributed by atoms with E-state index in [1.807, 2.05) is 0 Å². The summed E-state index contributed by atoms with van der Waals surface area (Å²) in [4.78, 5) is 17.5. The minimum Gasteiger partial charge on any atom is -0.311 e. The van der Waals surface area contributed by atoms with E-state index in [1.54, 1.807) is 0 Å². The van der Waals surface area contributed by atoms with Gasteiger partial charge < -0.3 is 4.98 Å². The minimum atomic E-state index is -4.72. The molecule has 1 N–H and O–H groups in total. The minimum absolute atomic E-state index is 0.0988. The summed E-state index contributed by atoms with van der Waals surface area (Å²) in [6.07, 6.45) is -5.00. The molecule has 0 aliphatic heterocycles. The number of hydrogen-bond donors (Lipinski definition) is 1. The van der Waals surface area contributed by atoms with Gasteiger partial charge in [0, 0.05) is 16.5 Å². The van der Waals surface area contributed by atoms with Crippen molar-refractivity contribution in [3.05, 3.63) is 61.2 Å². The van der Waals surface area contributed by atoms with Crippen LogP contribution in [0.2, 0.25) is 10.0 Å². The lowest BCUT2D eigenvalue weighted by atomic mass is 10.0. The number of nitrogens with one attached hydrogen (secondary N) is 1. The zero-order valence-electron chi connectivity index (χ0n) is 10.7. The topological polar surface area (TPSA) is 45.8 Å². The van der Waals surface area contributed by atoms with Crippen LogP contribution in [-0.4, -0.2) is 9.97 Å². The van der Waals surface area contributed by atoms with Gasteiger partial charge in [-0.3, -0.25) is 4.79 Å². The van der Waals surface area contributed by atoms with Crippen LogP contribution in [0.3, 0.4) is 0 Å². The molecule has 1 heterocycles. The van der Waals surface area contributed by atoms with Crippen LogP contribution in [0, 0.1) is 6.92 Å². The molecule has 3 nitrogen and oxygen atoms in total. The standard InChI is InChI=1S/C13H9Cl2F3N2O/c1-6-19-11(13(16,17)18)9(12(21)20-6)4-7-2-3-8(14)5-10(7)15/h2-3,5H,4H2,1H3,(H,19,20,21). The number of hydrogen-bond acceptors (Lipinski definition) is 2. The van der Waals surface area contributed by atoms with Crippen LogP contribution >= 0.6 is 23.2 Å². The molecule has 0 saturated carbocycles. The van der Waals surface area contributed by atoms with E-state index in [1.165, 1.54) is 25.1 Å². The van der Waals surface area contributed by atoms with Gasteiger partial charge in [-0.25, -0.2) is 4.98 Å². The van der Waals surface area contributed by atoms with Crippen molar-refractivity contribution in [2.75, 3.05) is 0 Å². The molecule has 0 fully saturated rings. The number of nitrogens with zero attached hydrogens (tertiary/aromatic N) is 1. The highest BCUT2D eigenvalue weighted by molar-refractivity contribution is 6.35. The normalized spacial score (nSPS) is 11.7. The van der Waals surface area contributed by atoms with Gasteiger partial charge in [0.25, 0.3) is 5.56 Å². The third-order valence-electron chi connectivity index (χ3n) is 2.78. The first-order valence-electron chi connectivity index (χ1n) is 5.79. The van der Waals surface area contributed by atoms with Crippen LogP contribution < -0.4 is 5.56 Å². The highest BCUT2D eigenvalue weighted by Gasteiger charge is 2.37. The maximum absolute atomic E-state index is 13.0. The fraction of sp³-hybridized carbons (Fsp3) is 0.231. The number of rotatable bonds is 2. The van der Waals surface area contributed by atoms with Gasteiger partial charge in [0.15, 0.2) is 5.69 Å². The molecule has 21 heavy (non-hydrogen) atoms. The van der Waals surface area contributed by atoms with Gasteiger partial charge in [-0.15, -0.1) is 0 Å². The van der Waals surface area contributed by atoms with Gasteiger partial charge in [0.2, 0.25) is 0 Å². The third kappa shape index (κ3) is 3.57. The molecule has 0 amide bonds. The molecule has 0 radical (unpaired) electrons. The van der Waals surface area contributed by atoms with Gasteiger partial charge in [0.05, 0.1) is 5.56 Å². The second-order valence-corrected chi connectivity index (χ2v) is 5.23. The molecular weight excluding hydrogens is 328 g/mol. The lowest BCUT2D eigenvalue weighted by Crippen LogP contribution is -2.24. The van der Waals surface area contributed by atoms with Crippen LogP contribution in [0.15, 0.2) is 23.0 Å². The SMILES string of the molecule is Cc1nc(C(F)(F)F)c(Cc2ccc(Cl)cc2Cl)c(=O)[nH]1. The average molecular weight is 337 g/mol. The smallest absolute Gasteiger partial charge is 0.311 e. The Kier molecular flexibility index (Phi) is 4.30. The molecule has 0 spiro atoms. The van der Waals surface area contributed by atoms with Crippen molar-refractivity contribution in [3.8, 4) is 0 Å². The summed E-state index contributed by atoms with van der Waals surface area (Å²) in [7, 11) is 0. The molecule has 0 aliphatic rings. The molecule has 0 aliphatic carbocycles. The number of alkyl halides is 3. The van der Waals surface area contributed by atoms with Crippen molar-refractivity contribution in [1.82, 2.24) is 9.97 Å². The van der Waals surface area contributed by atoms with Crippen LogP contribution in [-0.2, 0) is 12.6 Å². The van der Waals surface area contributed by atoms with E-state index in [0.29, 0.717) is 10.6 Å². The summed E-state index contributed by atoms with van der Waals surface area (Å²) in [6.45, 7) is 1.29. The molecule has 2 aromatic rings. The number of aromatic amines is 1. The van der Waals surface area contributed by atoms with E-state index < -0.39 is 23.0 Å². The molecule has 0 saturated heterocycles. The van der Waals surface area contributed by atoms with Gasteiger partial charge in [0.1, 0.15) is 5.82 Å². The summed E-state index contributed by atoms with van der Waals surface area (Å²) in [6, 6.07) is 4.37. The first-order chi connectivity index (χ1) is 9.68. The van der Waals surface area contributed by atoms with Gasteiger partial charge in [-0.05, 0) is 24.6 Å². The average Bonchev–Trinajstić information content (AvgIpc) is 2.33. The summed E-state index contributed by atoms with van der Waals surface area (Å²) in [5.41, 5.74) is -2.14. The number of H-pyrrole nitrogens is 1. The molecule has 8 heteroatoms. The predicted octanol–water partition coefficient (Wildman–Crippen LogP) is 3.99. The maximum Gasteiger partial charge on any atom is 0.433 e. The van der Waals surface area contributed by atoms with E-state index >= 15 is 0 Å². The van der Waals surface area contributed by atoms with E-state index in [2.05, 4.69) is 9.97 Å². The summed E-state index contributed by atoms with van der Waals surface area (Å²) in [5, 5.41) is 0.548. The number of aromatic nitrogens is 2.